The summed E-state index contributed by atoms with van der Waals surface area (Å²) in [6.07, 6.45) is 0.953. The van der Waals surface area contributed by atoms with Crippen molar-refractivity contribution in [1.29, 1.82) is 0 Å². The second kappa shape index (κ2) is 12.8. The molecule has 0 bridgehead atoms. The molecule has 0 heterocycles. The van der Waals surface area contributed by atoms with Gasteiger partial charge in [0.15, 0.2) is 0 Å². The minimum absolute atomic E-state index is 0. The minimum Gasteiger partial charge on any atom is -1.00 e. The molecule has 0 amide bonds. The molecule has 4 heteroatoms. The second-order valence-electron chi connectivity index (χ2n) is 11.0. The van der Waals surface area contributed by atoms with Gasteiger partial charge in [0, 0.05) is 5.75 Å². The maximum Gasteiger partial charge on any atom is 4.00 e. The summed E-state index contributed by atoms with van der Waals surface area (Å²) < 4.78 is 5.73. The molecule has 0 saturated heterocycles. The number of ether oxygens (including phenoxy) is 1. The van der Waals surface area contributed by atoms with Crippen molar-refractivity contribution in [2.45, 2.75) is 78.6 Å². The molecular weight excluding hydrogens is 538 g/mol. The van der Waals surface area contributed by atoms with Crippen molar-refractivity contribution in [2.24, 2.45) is 0 Å². The zero-order chi connectivity index (χ0) is 23.0. The summed E-state index contributed by atoms with van der Waals surface area (Å²) in [5, 5.41) is 0. The first-order valence-electron chi connectivity index (χ1n) is 11.4. The Morgan fingerprint density at radius 2 is 1.59 bits per heavy atom. The molecular formula is C30H38Cl2OZr. The van der Waals surface area contributed by atoms with E-state index in [-0.39, 0.29) is 61.8 Å². The number of benzene rings is 2. The summed E-state index contributed by atoms with van der Waals surface area (Å²) in [6.45, 7) is 17.9. The Morgan fingerprint density at radius 3 is 2.03 bits per heavy atom. The molecule has 0 spiro atoms. The van der Waals surface area contributed by atoms with Crippen LogP contribution >= 0.6 is 0 Å². The molecule has 0 saturated carbocycles. The number of fused-ring (bicyclic) bond motifs is 3. The summed E-state index contributed by atoms with van der Waals surface area (Å²) in [6, 6.07) is 21.2. The Hall–Kier alpha value is -0.947. The fourth-order valence-corrected chi connectivity index (χ4v) is 4.02. The van der Waals surface area contributed by atoms with Crippen LogP contribution in [0.25, 0.3) is 11.1 Å². The van der Waals surface area contributed by atoms with Crippen LogP contribution in [-0.4, -0.2) is 7.11 Å². The van der Waals surface area contributed by atoms with Gasteiger partial charge < -0.3 is 29.6 Å². The Kier molecular flexibility index (Phi) is 12.5. The van der Waals surface area contributed by atoms with E-state index < -0.39 is 0 Å². The quantitative estimate of drug-likeness (QED) is 0.333. The average molecular weight is 577 g/mol. The standard InChI is InChI=1S/C22H27O.C8H11.2ClH.Zr/c1-21(2,3)16-8-9-18-14(11-16)10-15-12-17(22(4,5)6)13-19(23-7)20(15)18;1-7(2)8-5-3-4-6-8;;;/h8-9,11,13H,10H2,1-7H3;3-7H,1-2H3;2*1H;/q2*-1;;;+4/p-2. The van der Waals surface area contributed by atoms with Crippen LogP contribution in [0.1, 0.15) is 89.1 Å². The van der Waals surface area contributed by atoms with E-state index in [0.717, 1.165) is 12.2 Å². The van der Waals surface area contributed by atoms with E-state index in [1.807, 2.05) is 0 Å². The monoisotopic (exact) mass is 574 g/mol. The zero-order valence-corrected chi connectivity index (χ0v) is 26.0. The van der Waals surface area contributed by atoms with Crippen LogP contribution in [0.4, 0.5) is 0 Å². The van der Waals surface area contributed by atoms with E-state index in [1.165, 1.54) is 38.9 Å². The Labute approximate surface area is 239 Å². The van der Waals surface area contributed by atoms with Crippen LogP contribution in [0.3, 0.4) is 0 Å². The topological polar surface area (TPSA) is 9.23 Å². The van der Waals surface area contributed by atoms with Crippen molar-refractivity contribution >= 4 is 0 Å². The Morgan fingerprint density at radius 1 is 0.941 bits per heavy atom. The third kappa shape index (κ3) is 7.52. The minimum atomic E-state index is 0. The van der Waals surface area contributed by atoms with Crippen molar-refractivity contribution in [1.82, 2.24) is 0 Å². The molecule has 0 atom stereocenters. The van der Waals surface area contributed by atoms with Gasteiger partial charge >= 0.3 is 26.2 Å². The SMILES string of the molecule is CC(C)c1ccc[cH-]1.COc1cc(C(C)(C)C)[c-]c2c1-c1ccc(C(C)(C)C)cc1C2.[Cl-].[Cl-].[Zr+4]. The molecule has 3 aromatic carbocycles. The number of halogens is 2. The second-order valence-corrected chi connectivity index (χ2v) is 11.0. The predicted octanol–water partition coefficient (Wildman–Crippen LogP) is 2.20. The smallest absolute Gasteiger partial charge is 1.00 e. The molecule has 0 fully saturated rings. The molecule has 0 N–H and O–H groups in total. The van der Waals surface area contributed by atoms with Crippen molar-refractivity contribution in [3.05, 3.63) is 82.4 Å². The molecule has 3 aromatic rings. The molecule has 0 unspecified atom stereocenters. The normalized spacial score (nSPS) is 11.7. The van der Waals surface area contributed by atoms with Gasteiger partial charge in [0.05, 0.1) is 7.11 Å². The number of methoxy groups -OCH3 is 1. The van der Waals surface area contributed by atoms with Crippen LogP contribution in [0.15, 0.2) is 48.5 Å². The predicted molar refractivity (Wildman–Crippen MR) is 134 cm³/mol. The summed E-state index contributed by atoms with van der Waals surface area (Å²) in [4.78, 5) is 0. The van der Waals surface area contributed by atoms with Crippen molar-refractivity contribution < 1.29 is 55.8 Å². The average Bonchev–Trinajstić information content (AvgIpc) is 3.33. The molecule has 0 aromatic heterocycles. The van der Waals surface area contributed by atoms with Gasteiger partial charge in [-0.1, -0.05) is 84.7 Å². The molecule has 4 rings (SSSR count). The van der Waals surface area contributed by atoms with Gasteiger partial charge in [-0.3, -0.25) is 0 Å². The Balaban J connectivity index is 0.000000852. The van der Waals surface area contributed by atoms with Gasteiger partial charge in [-0.2, -0.15) is 29.3 Å². The molecule has 1 aliphatic carbocycles. The van der Waals surface area contributed by atoms with E-state index in [4.69, 9.17) is 4.74 Å². The molecule has 1 nitrogen and oxygen atoms in total. The molecule has 0 aliphatic heterocycles. The van der Waals surface area contributed by atoms with Gasteiger partial charge in [-0.25, -0.2) is 12.1 Å². The van der Waals surface area contributed by atoms with Crippen LogP contribution in [-0.2, 0) is 43.5 Å². The molecule has 0 radical (unpaired) electrons. The van der Waals surface area contributed by atoms with Crippen molar-refractivity contribution in [2.75, 3.05) is 7.11 Å². The third-order valence-corrected chi connectivity index (χ3v) is 6.10. The summed E-state index contributed by atoms with van der Waals surface area (Å²) in [7, 11) is 1.77. The van der Waals surface area contributed by atoms with Crippen LogP contribution < -0.4 is 29.6 Å². The van der Waals surface area contributed by atoms with Crippen LogP contribution in [0, 0.1) is 6.07 Å². The van der Waals surface area contributed by atoms with Gasteiger partial charge in [-0.05, 0) is 34.3 Å². The summed E-state index contributed by atoms with van der Waals surface area (Å²) in [5.74, 6) is 1.66. The maximum absolute atomic E-state index is 5.73. The maximum atomic E-state index is 5.73. The van der Waals surface area contributed by atoms with Crippen LogP contribution in [0.2, 0.25) is 0 Å². The number of rotatable bonds is 2. The summed E-state index contributed by atoms with van der Waals surface area (Å²) >= 11 is 0. The molecule has 182 valence electrons. The van der Waals surface area contributed by atoms with Gasteiger partial charge in [0.2, 0.25) is 0 Å². The molecule has 34 heavy (non-hydrogen) atoms. The van der Waals surface area contributed by atoms with E-state index in [9.17, 15) is 0 Å². The first kappa shape index (κ1) is 33.1. The van der Waals surface area contributed by atoms with Crippen LogP contribution in [0.5, 0.6) is 5.75 Å². The Bertz CT molecular complexity index is 1040. The molecule has 1 aliphatic rings. The van der Waals surface area contributed by atoms with E-state index >= 15 is 0 Å². The fraction of sp³-hybridized carbons (Fsp3) is 0.433. The van der Waals surface area contributed by atoms with E-state index in [1.54, 1.807) is 7.11 Å². The number of hydrogen-bond donors (Lipinski definition) is 0. The van der Waals surface area contributed by atoms with Crippen molar-refractivity contribution in [3.8, 4) is 16.9 Å². The first-order chi connectivity index (χ1) is 14.4. The van der Waals surface area contributed by atoms with Gasteiger partial charge in [0.1, 0.15) is 0 Å². The van der Waals surface area contributed by atoms with E-state index in [2.05, 4.69) is 110 Å². The summed E-state index contributed by atoms with van der Waals surface area (Å²) in [5.41, 5.74) is 9.50. The van der Waals surface area contributed by atoms with Crippen molar-refractivity contribution in [3.63, 3.8) is 0 Å². The zero-order valence-electron chi connectivity index (χ0n) is 22.1. The first-order valence-corrected chi connectivity index (χ1v) is 11.4. The number of hydrogen-bond acceptors (Lipinski definition) is 1. The van der Waals surface area contributed by atoms with Gasteiger partial charge in [0.25, 0.3) is 0 Å². The van der Waals surface area contributed by atoms with E-state index in [0.29, 0.717) is 5.92 Å². The van der Waals surface area contributed by atoms with Gasteiger partial charge in [-0.15, -0.1) is 11.6 Å². The fourth-order valence-electron chi connectivity index (χ4n) is 4.02. The largest absolute Gasteiger partial charge is 4.00 e. The third-order valence-electron chi connectivity index (χ3n) is 6.10.